The molecule has 1 unspecified atom stereocenters. The molecule has 20 heavy (non-hydrogen) atoms. The van der Waals surface area contributed by atoms with Gasteiger partial charge in [-0.2, -0.15) is 0 Å². The fourth-order valence-electron chi connectivity index (χ4n) is 2.24. The van der Waals surface area contributed by atoms with Gasteiger partial charge in [0.2, 0.25) is 0 Å². The van der Waals surface area contributed by atoms with E-state index in [0.717, 1.165) is 30.0 Å². The van der Waals surface area contributed by atoms with Gasteiger partial charge >= 0.3 is 0 Å². The van der Waals surface area contributed by atoms with E-state index in [-0.39, 0.29) is 0 Å². The highest BCUT2D eigenvalue weighted by Gasteiger charge is 2.18. The molecule has 3 nitrogen and oxygen atoms in total. The lowest BCUT2D eigenvalue weighted by Crippen LogP contribution is -2.06. The van der Waals surface area contributed by atoms with Crippen molar-refractivity contribution >= 4 is 54.2 Å². The van der Waals surface area contributed by atoms with Crippen molar-refractivity contribution in [2.45, 2.75) is 12.5 Å². The van der Waals surface area contributed by atoms with Crippen LogP contribution in [0.4, 0.5) is 0 Å². The number of halogens is 2. The van der Waals surface area contributed by atoms with Crippen molar-refractivity contribution < 1.29 is 5.11 Å². The van der Waals surface area contributed by atoms with Crippen molar-refractivity contribution in [3.05, 3.63) is 49.3 Å². The summed E-state index contributed by atoms with van der Waals surface area (Å²) in [6, 6.07) is 9.94. The quantitative estimate of drug-likeness (QED) is 0.686. The Hall–Kier alpha value is -0.690. The van der Waals surface area contributed by atoms with E-state index in [1.54, 1.807) is 11.3 Å². The Morgan fingerprint density at radius 3 is 2.75 bits per heavy atom. The summed E-state index contributed by atoms with van der Waals surface area (Å²) in [4.78, 5) is 4.59. The van der Waals surface area contributed by atoms with Gasteiger partial charge in [-0.1, -0.05) is 12.1 Å². The van der Waals surface area contributed by atoms with Crippen molar-refractivity contribution in [2.24, 2.45) is 7.05 Å². The first-order valence-electron chi connectivity index (χ1n) is 6.09. The predicted octanol–water partition coefficient (Wildman–Crippen LogP) is 4.44. The first-order valence-corrected chi connectivity index (χ1v) is 8.49. The van der Waals surface area contributed by atoms with Crippen molar-refractivity contribution in [2.75, 3.05) is 0 Å². The molecule has 0 spiro atoms. The predicted molar refractivity (Wildman–Crippen MR) is 89.1 cm³/mol. The minimum Gasteiger partial charge on any atom is -0.388 e. The highest BCUT2D eigenvalue weighted by molar-refractivity contribution is 9.12. The van der Waals surface area contributed by atoms with Gasteiger partial charge in [-0.05, 0) is 50.1 Å². The van der Waals surface area contributed by atoms with E-state index in [4.69, 9.17) is 0 Å². The first kappa shape index (κ1) is 14.3. The van der Waals surface area contributed by atoms with E-state index < -0.39 is 6.10 Å². The molecule has 3 aromatic rings. The van der Waals surface area contributed by atoms with Crippen LogP contribution in [0, 0.1) is 0 Å². The maximum atomic E-state index is 10.4. The van der Waals surface area contributed by atoms with Gasteiger partial charge in [0.1, 0.15) is 5.82 Å². The molecule has 0 aliphatic carbocycles. The van der Waals surface area contributed by atoms with Crippen LogP contribution >= 0.6 is 43.2 Å². The van der Waals surface area contributed by atoms with Crippen molar-refractivity contribution in [3.8, 4) is 0 Å². The van der Waals surface area contributed by atoms with Gasteiger partial charge < -0.3 is 9.67 Å². The van der Waals surface area contributed by atoms with E-state index in [2.05, 4.69) is 36.8 Å². The Balaban J connectivity index is 1.93. The Kier molecular flexibility index (Phi) is 3.99. The number of imidazole rings is 1. The van der Waals surface area contributed by atoms with Gasteiger partial charge in [0.05, 0.1) is 24.7 Å². The van der Waals surface area contributed by atoms with Gasteiger partial charge in [-0.3, -0.25) is 0 Å². The molecule has 0 saturated carbocycles. The summed E-state index contributed by atoms with van der Waals surface area (Å²) in [6.07, 6.45) is -0.0742. The van der Waals surface area contributed by atoms with E-state index in [9.17, 15) is 5.11 Å². The topological polar surface area (TPSA) is 38.0 Å². The number of aromatic nitrogens is 2. The molecule has 0 aliphatic heterocycles. The van der Waals surface area contributed by atoms with E-state index in [1.165, 1.54) is 0 Å². The Morgan fingerprint density at radius 1 is 1.35 bits per heavy atom. The zero-order valence-electron chi connectivity index (χ0n) is 10.7. The second-order valence-corrected chi connectivity index (χ2v) is 8.32. The Bertz CT molecular complexity index is 766. The van der Waals surface area contributed by atoms with Crippen LogP contribution in [-0.4, -0.2) is 14.7 Å². The average Bonchev–Trinajstić information content (AvgIpc) is 2.91. The average molecular weight is 416 g/mol. The molecule has 2 heterocycles. The summed E-state index contributed by atoms with van der Waals surface area (Å²) in [6.45, 7) is 0. The van der Waals surface area contributed by atoms with Crippen molar-refractivity contribution in [1.29, 1.82) is 0 Å². The third-order valence-electron chi connectivity index (χ3n) is 3.30. The number of benzene rings is 1. The molecular formula is C14H12Br2N2OS. The summed E-state index contributed by atoms with van der Waals surface area (Å²) < 4.78 is 3.99. The number of aliphatic hydroxyl groups is 1. The molecular weight excluding hydrogens is 404 g/mol. The number of rotatable bonds is 3. The van der Waals surface area contributed by atoms with E-state index >= 15 is 0 Å². The van der Waals surface area contributed by atoms with Gasteiger partial charge in [0, 0.05) is 19.0 Å². The number of thiophene rings is 1. The molecule has 1 N–H and O–H groups in total. The summed E-state index contributed by atoms with van der Waals surface area (Å²) in [5, 5.41) is 10.4. The minimum atomic E-state index is -0.567. The number of hydrogen-bond acceptors (Lipinski definition) is 3. The van der Waals surface area contributed by atoms with Crippen LogP contribution in [0.2, 0.25) is 0 Å². The number of aliphatic hydroxyl groups excluding tert-OH is 1. The molecule has 3 rings (SSSR count). The molecule has 104 valence electrons. The third-order valence-corrected chi connectivity index (χ3v) is 5.68. The minimum absolute atomic E-state index is 0.493. The number of aryl methyl sites for hydroxylation is 1. The first-order chi connectivity index (χ1) is 9.56. The lowest BCUT2D eigenvalue weighted by Gasteiger charge is -2.09. The van der Waals surface area contributed by atoms with Crippen LogP contribution in [0.25, 0.3) is 11.0 Å². The molecule has 1 aromatic carbocycles. The fraction of sp³-hybridized carbons (Fsp3) is 0.214. The molecule has 0 radical (unpaired) electrons. The van der Waals surface area contributed by atoms with Crippen LogP contribution in [0.1, 0.15) is 17.5 Å². The van der Waals surface area contributed by atoms with E-state index in [1.807, 2.05) is 41.9 Å². The second kappa shape index (κ2) is 5.60. The molecule has 1 atom stereocenters. The van der Waals surface area contributed by atoms with Crippen LogP contribution in [0.3, 0.4) is 0 Å². The molecule has 2 aromatic heterocycles. The summed E-state index contributed by atoms with van der Waals surface area (Å²) in [5.41, 5.74) is 2.94. The summed E-state index contributed by atoms with van der Waals surface area (Å²) >= 11 is 8.48. The molecule has 6 heteroatoms. The maximum absolute atomic E-state index is 10.4. The number of fused-ring (bicyclic) bond motifs is 1. The Morgan fingerprint density at radius 2 is 2.10 bits per heavy atom. The molecule has 0 aliphatic rings. The molecule has 0 bridgehead atoms. The fourth-order valence-corrected chi connectivity index (χ4v) is 5.20. The zero-order chi connectivity index (χ0) is 14.3. The SMILES string of the molecule is Cn1c(CC(O)c2cc(Br)sc2Br)nc2ccccc21. The zero-order valence-corrected chi connectivity index (χ0v) is 14.7. The van der Waals surface area contributed by atoms with E-state index in [0.29, 0.717) is 6.42 Å². The lowest BCUT2D eigenvalue weighted by atomic mass is 10.1. The molecule has 0 saturated heterocycles. The second-order valence-electron chi connectivity index (χ2n) is 4.58. The summed E-state index contributed by atoms with van der Waals surface area (Å²) in [7, 11) is 1.98. The molecule has 0 fully saturated rings. The number of hydrogen-bond donors (Lipinski definition) is 1. The number of para-hydroxylation sites is 2. The number of nitrogens with zero attached hydrogens (tertiary/aromatic N) is 2. The van der Waals surface area contributed by atoms with Gasteiger partial charge in [0.15, 0.2) is 0 Å². The van der Waals surface area contributed by atoms with Gasteiger partial charge in [0.25, 0.3) is 0 Å². The smallest absolute Gasteiger partial charge is 0.112 e. The highest BCUT2D eigenvalue weighted by Crippen LogP contribution is 2.36. The lowest BCUT2D eigenvalue weighted by molar-refractivity contribution is 0.175. The van der Waals surface area contributed by atoms with Gasteiger partial charge in [-0.15, -0.1) is 11.3 Å². The maximum Gasteiger partial charge on any atom is 0.112 e. The monoisotopic (exact) mass is 414 g/mol. The largest absolute Gasteiger partial charge is 0.388 e. The van der Waals surface area contributed by atoms with Gasteiger partial charge in [-0.25, -0.2) is 4.98 Å². The highest BCUT2D eigenvalue weighted by atomic mass is 79.9. The van der Waals surface area contributed by atoms with Crippen molar-refractivity contribution in [3.63, 3.8) is 0 Å². The standard InChI is InChI=1S/C14H12Br2N2OS/c1-18-10-5-3-2-4-9(10)17-13(18)7-11(19)8-6-12(15)20-14(8)16/h2-6,11,19H,7H2,1H3. The molecule has 0 amide bonds. The van der Waals surface area contributed by atoms with Crippen LogP contribution in [0.5, 0.6) is 0 Å². The Labute approximate surface area is 137 Å². The van der Waals surface area contributed by atoms with Crippen LogP contribution < -0.4 is 0 Å². The summed E-state index contributed by atoms with van der Waals surface area (Å²) in [5.74, 6) is 0.882. The van der Waals surface area contributed by atoms with Crippen molar-refractivity contribution in [1.82, 2.24) is 9.55 Å². The van der Waals surface area contributed by atoms with Crippen LogP contribution in [0.15, 0.2) is 37.9 Å². The van der Waals surface area contributed by atoms with Crippen LogP contribution in [-0.2, 0) is 13.5 Å². The third kappa shape index (κ3) is 2.57. The normalized spacial score (nSPS) is 13.0.